The molecule has 1 aromatic rings. The highest BCUT2D eigenvalue weighted by molar-refractivity contribution is 5.88. The first-order valence-electron chi connectivity index (χ1n) is 6.35. The lowest BCUT2D eigenvalue weighted by atomic mass is 9.98. The van der Waals surface area contributed by atoms with Gasteiger partial charge in [0.25, 0.3) is 0 Å². The molecule has 1 heterocycles. The van der Waals surface area contributed by atoms with Gasteiger partial charge >= 0.3 is 5.97 Å². The Morgan fingerprint density at radius 2 is 2.28 bits per heavy atom. The van der Waals surface area contributed by atoms with E-state index in [4.69, 9.17) is 5.11 Å². The van der Waals surface area contributed by atoms with Gasteiger partial charge < -0.3 is 10.4 Å². The first-order chi connectivity index (χ1) is 8.59. The molecule has 0 amide bonds. The van der Waals surface area contributed by atoms with Crippen molar-refractivity contribution in [2.75, 3.05) is 0 Å². The van der Waals surface area contributed by atoms with Crippen LogP contribution in [-0.4, -0.2) is 27.1 Å². The molecule has 0 bridgehead atoms. The van der Waals surface area contributed by atoms with E-state index < -0.39 is 5.97 Å². The zero-order chi connectivity index (χ0) is 13.1. The second-order valence-corrected chi connectivity index (χ2v) is 5.09. The maximum absolute atomic E-state index is 11.0. The molecular weight excluding hydrogens is 230 g/mol. The number of carbonyl (C=O) groups is 1. The third kappa shape index (κ3) is 2.67. The zero-order valence-electron chi connectivity index (χ0n) is 10.8. The SMILES string of the molecule is CC1CCC(NCc2ncncc2C(=O)O)C1C. The van der Waals surface area contributed by atoms with Crippen molar-refractivity contribution in [3.05, 3.63) is 23.8 Å². The van der Waals surface area contributed by atoms with Gasteiger partial charge in [-0.2, -0.15) is 0 Å². The summed E-state index contributed by atoms with van der Waals surface area (Å²) in [5, 5.41) is 12.5. The van der Waals surface area contributed by atoms with Gasteiger partial charge in [-0.25, -0.2) is 14.8 Å². The Kier molecular flexibility index (Phi) is 3.91. The van der Waals surface area contributed by atoms with Gasteiger partial charge in [0.1, 0.15) is 11.9 Å². The van der Waals surface area contributed by atoms with Crippen LogP contribution < -0.4 is 5.32 Å². The molecule has 5 heteroatoms. The average Bonchev–Trinajstić information content (AvgIpc) is 2.68. The van der Waals surface area contributed by atoms with Crippen LogP contribution in [0, 0.1) is 11.8 Å². The summed E-state index contributed by atoms with van der Waals surface area (Å²) in [6, 6.07) is 0.455. The van der Waals surface area contributed by atoms with Crippen LogP contribution in [0.4, 0.5) is 0 Å². The van der Waals surface area contributed by atoms with Gasteiger partial charge in [0.15, 0.2) is 0 Å². The number of hydrogen-bond donors (Lipinski definition) is 2. The second kappa shape index (κ2) is 5.44. The van der Waals surface area contributed by atoms with Crippen LogP contribution in [0.1, 0.15) is 42.7 Å². The Balaban J connectivity index is 2.00. The first kappa shape index (κ1) is 13.0. The molecule has 0 saturated heterocycles. The van der Waals surface area contributed by atoms with Gasteiger partial charge in [-0.05, 0) is 24.7 Å². The molecule has 0 spiro atoms. The molecule has 1 aliphatic carbocycles. The number of nitrogens with zero attached hydrogens (tertiary/aromatic N) is 2. The van der Waals surface area contributed by atoms with Crippen LogP contribution >= 0.6 is 0 Å². The largest absolute Gasteiger partial charge is 0.478 e. The molecule has 0 aliphatic heterocycles. The Hall–Kier alpha value is -1.49. The van der Waals surface area contributed by atoms with Gasteiger partial charge in [0.2, 0.25) is 0 Å². The predicted octanol–water partition coefficient (Wildman–Crippen LogP) is 1.70. The van der Waals surface area contributed by atoms with E-state index in [9.17, 15) is 4.79 Å². The van der Waals surface area contributed by atoms with Crippen LogP contribution in [0.5, 0.6) is 0 Å². The highest BCUT2D eigenvalue weighted by Gasteiger charge is 2.29. The number of hydrogen-bond acceptors (Lipinski definition) is 4. The van der Waals surface area contributed by atoms with Gasteiger partial charge in [0, 0.05) is 18.8 Å². The van der Waals surface area contributed by atoms with Crippen molar-refractivity contribution < 1.29 is 9.90 Å². The highest BCUT2D eigenvalue weighted by Crippen LogP contribution is 2.31. The van der Waals surface area contributed by atoms with Crippen molar-refractivity contribution in [1.82, 2.24) is 15.3 Å². The molecule has 1 saturated carbocycles. The second-order valence-electron chi connectivity index (χ2n) is 5.09. The fraction of sp³-hybridized carbons (Fsp3) is 0.615. The average molecular weight is 249 g/mol. The number of aromatic carboxylic acids is 1. The number of carboxylic acid groups (broad SMARTS) is 1. The molecule has 1 aliphatic rings. The monoisotopic (exact) mass is 249 g/mol. The summed E-state index contributed by atoms with van der Waals surface area (Å²) in [5.74, 6) is 0.382. The molecule has 2 rings (SSSR count). The van der Waals surface area contributed by atoms with Crippen LogP contribution in [-0.2, 0) is 6.54 Å². The quantitative estimate of drug-likeness (QED) is 0.849. The van der Waals surface area contributed by atoms with Gasteiger partial charge in [-0.15, -0.1) is 0 Å². The topological polar surface area (TPSA) is 75.1 Å². The van der Waals surface area contributed by atoms with Crippen LogP contribution in [0.2, 0.25) is 0 Å². The Morgan fingerprint density at radius 1 is 1.50 bits per heavy atom. The van der Waals surface area contributed by atoms with Crippen molar-refractivity contribution >= 4 is 5.97 Å². The molecule has 98 valence electrons. The summed E-state index contributed by atoms with van der Waals surface area (Å²) >= 11 is 0. The summed E-state index contributed by atoms with van der Waals surface area (Å²) in [4.78, 5) is 18.8. The van der Waals surface area contributed by atoms with E-state index in [0.29, 0.717) is 24.2 Å². The minimum atomic E-state index is -0.972. The Bertz CT molecular complexity index is 436. The number of carboxylic acids is 1. The Labute approximate surface area is 107 Å². The van der Waals surface area contributed by atoms with Crippen molar-refractivity contribution in [3.8, 4) is 0 Å². The maximum atomic E-state index is 11.0. The lowest BCUT2D eigenvalue weighted by Gasteiger charge is -2.19. The molecule has 5 nitrogen and oxygen atoms in total. The number of rotatable bonds is 4. The van der Waals surface area contributed by atoms with Crippen LogP contribution in [0.3, 0.4) is 0 Å². The molecule has 0 aromatic carbocycles. The zero-order valence-corrected chi connectivity index (χ0v) is 10.8. The minimum absolute atomic E-state index is 0.184. The third-order valence-electron chi connectivity index (χ3n) is 4.02. The highest BCUT2D eigenvalue weighted by atomic mass is 16.4. The molecule has 3 atom stereocenters. The van der Waals surface area contributed by atoms with Crippen molar-refractivity contribution in [3.63, 3.8) is 0 Å². The summed E-state index contributed by atoms with van der Waals surface area (Å²) in [6.45, 7) is 5.00. The van der Waals surface area contributed by atoms with E-state index >= 15 is 0 Å². The van der Waals surface area contributed by atoms with Gasteiger partial charge in [0.05, 0.1) is 5.69 Å². The molecule has 2 N–H and O–H groups in total. The van der Waals surface area contributed by atoms with E-state index in [2.05, 4.69) is 29.1 Å². The fourth-order valence-corrected chi connectivity index (χ4v) is 2.56. The summed E-state index contributed by atoms with van der Waals surface area (Å²) in [7, 11) is 0. The maximum Gasteiger partial charge on any atom is 0.339 e. The van der Waals surface area contributed by atoms with Crippen molar-refractivity contribution in [2.45, 2.75) is 39.3 Å². The molecule has 0 radical (unpaired) electrons. The Morgan fingerprint density at radius 3 is 2.89 bits per heavy atom. The molecule has 18 heavy (non-hydrogen) atoms. The normalized spacial score (nSPS) is 27.3. The summed E-state index contributed by atoms with van der Waals surface area (Å²) in [6.07, 6.45) is 5.13. The van der Waals surface area contributed by atoms with Crippen LogP contribution in [0.15, 0.2) is 12.5 Å². The number of nitrogens with one attached hydrogen (secondary N) is 1. The molecule has 1 aromatic heterocycles. The van der Waals surface area contributed by atoms with Crippen molar-refractivity contribution in [1.29, 1.82) is 0 Å². The third-order valence-corrected chi connectivity index (χ3v) is 4.02. The minimum Gasteiger partial charge on any atom is -0.478 e. The lowest BCUT2D eigenvalue weighted by molar-refractivity contribution is 0.0694. The van der Waals surface area contributed by atoms with E-state index in [-0.39, 0.29) is 5.56 Å². The fourth-order valence-electron chi connectivity index (χ4n) is 2.56. The smallest absolute Gasteiger partial charge is 0.339 e. The van der Waals surface area contributed by atoms with E-state index in [0.717, 1.165) is 12.3 Å². The summed E-state index contributed by atoms with van der Waals surface area (Å²) in [5.41, 5.74) is 0.743. The molecule has 3 unspecified atom stereocenters. The standard InChI is InChI=1S/C13H19N3O2/c1-8-3-4-11(9(8)2)15-6-12-10(13(17)18)5-14-7-16-12/h5,7-9,11,15H,3-4,6H2,1-2H3,(H,17,18). The molecular formula is C13H19N3O2. The van der Waals surface area contributed by atoms with E-state index in [1.54, 1.807) is 0 Å². The van der Waals surface area contributed by atoms with Gasteiger partial charge in [-0.1, -0.05) is 13.8 Å². The van der Waals surface area contributed by atoms with Crippen molar-refractivity contribution in [2.24, 2.45) is 11.8 Å². The lowest BCUT2D eigenvalue weighted by Crippen LogP contribution is -2.32. The van der Waals surface area contributed by atoms with E-state index in [1.807, 2.05) is 0 Å². The van der Waals surface area contributed by atoms with Crippen LogP contribution in [0.25, 0.3) is 0 Å². The number of aromatic nitrogens is 2. The molecule has 1 fully saturated rings. The predicted molar refractivity (Wildman–Crippen MR) is 67.2 cm³/mol. The first-order valence-corrected chi connectivity index (χ1v) is 6.35. The van der Waals surface area contributed by atoms with E-state index in [1.165, 1.54) is 18.9 Å². The van der Waals surface area contributed by atoms with Gasteiger partial charge in [-0.3, -0.25) is 0 Å². The summed E-state index contributed by atoms with van der Waals surface area (Å²) < 4.78 is 0.